The van der Waals surface area contributed by atoms with E-state index in [-0.39, 0.29) is 5.56 Å². The second-order valence-electron chi connectivity index (χ2n) is 3.66. The Hall–Kier alpha value is -2.10. The van der Waals surface area contributed by atoms with Crippen molar-refractivity contribution in [1.82, 2.24) is 14.0 Å². The van der Waals surface area contributed by atoms with Crippen molar-refractivity contribution >= 4 is 16.7 Å². The number of hydrogen-bond donors (Lipinski definition) is 0. The zero-order valence-electron chi connectivity index (χ0n) is 8.92. The number of aromatic nitrogens is 3. The minimum atomic E-state index is 0.0352. The van der Waals surface area contributed by atoms with Crippen molar-refractivity contribution < 1.29 is 0 Å². The molecule has 0 atom stereocenters. The molecule has 80 valence electrons. The van der Waals surface area contributed by atoms with Crippen LogP contribution in [0.25, 0.3) is 16.7 Å². The third-order valence-corrected chi connectivity index (χ3v) is 2.81. The van der Waals surface area contributed by atoms with Crippen molar-refractivity contribution in [2.75, 3.05) is 0 Å². The van der Waals surface area contributed by atoms with Crippen molar-refractivity contribution in [1.29, 1.82) is 0 Å². The van der Waals surface area contributed by atoms with Crippen LogP contribution in [-0.4, -0.2) is 14.0 Å². The second-order valence-corrected chi connectivity index (χ2v) is 3.66. The lowest BCUT2D eigenvalue weighted by atomic mass is 10.3. The quantitative estimate of drug-likeness (QED) is 0.616. The fourth-order valence-corrected chi connectivity index (χ4v) is 2.09. The first-order valence-corrected chi connectivity index (χ1v) is 5.27. The molecule has 0 amide bonds. The van der Waals surface area contributed by atoms with Crippen molar-refractivity contribution in [3.05, 3.63) is 47.0 Å². The Morgan fingerprint density at radius 2 is 2.06 bits per heavy atom. The first-order valence-electron chi connectivity index (χ1n) is 5.27. The van der Waals surface area contributed by atoms with Crippen LogP contribution in [0.15, 0.2) is 41.5 Å². The maximum absolute atomic E-state index is 12.1. The molecule has 0 unspecified atom stereocenters. The van der Waals surface area contributed by atoms with E-state index in [0.29, 0.717) is 12.1 Å². The summed E-state index contributed by atoms with van der Waals surface area (Å²) in [5.74, 6) is 0. The molecule has 0 N–H and O–H groups in total. The fraction of sp³-hybridized carbons (Fsp3) is 0.167. The molecule has 0 aliphatic carbocycles. The zero-order chi connectivity index (χ0) is 11.1. The van der Waals surface area contributed by atoms with Crippen LogP contribution in [0, 0.1) is 0 Å². The van der Waals surface area contributed by atoms with E-state index >= 15 is 0 Å². The minimum absolute atomic E-state index is 0.0352. The van der Waals surface area contributed by atoms with Crippen LogP contribution in [0.2, 0.25) is 0 Å². The Bertz CT molecular complexity index is 724. The molecule has 0 spiro atoms. The summed E-state index contributed by atoms with van der Waals surface area (Å²) in [5, 5.41) is 0. The number of rotatable bonds is 1. The summed E-state index contributed by atoms with van der Waals surface area (Å²) in [6.07, 6.45) is 3.61. The van der Waals surface area contributed by atoms with E-state index in [1.807, 2.05) is 41.8 Å². The molecule has 0 radical (unpaired) electrons. The predicted molar refractivity (Wildman–Crippen MR) is 62.6 cm³/mol. The van der Waals surface area contributed by atoms with E-state index in [2.05, 4.69) is 4.98 Å². The van der Waals surface area contributed by atoms with Gasteiger partial charge in [0.25, 0.3) is 5.56 Å². The fourth-order valence-electron chi connectivity index (χ4n) is 2.09. The molecule has 0 aliphatic heterocycles. The molecule has 0 saturated carbocycles. The average Bonchev–Trinajstić information content (AvgIpc) is 2.79. The van der Waals surface area contributed by atoms with E-state index < -0.39 is 0 Å². The summed E-state index contributed by atoms with van der Waals surface area (Å²) in [6.45, 7) is 2.62. The lowest BCUT2D eigenvalue weighted by molar-refractivity contribution is 0.757. The highest BCUT2D eigenvalue weighted by atomic mass is 16.1. The van der Waals surface area contributed by atoms with Gasteiger partial charge >= 0.3 is 0 Å². The third kappa shape index (κ3) is 1.04. The molecule has 3 rings (SSSR count). The van der Waals surface area contributed by atoms with Crippen molar-refractivity contribution in [3.63, 3.8) is 0 Å². The summed E-state index contributed by atoms with van der Waals surface area (Å²) in [7, 11) is 0. The van der Waals surface area contributed by atoms with Crippen LogP contribution in [0.3, 0.4) is 0 Å². The van der Waals surface area contributed by atoms with Gasteiger partial charge in [-0.1, -0.05) is 0 Å². The molecule has 4 heteroatoms. The summed E-state index contributed by atoms with van der Waals surface area (Å²) >= 11 is 0. The minimum Gasteiger partial charge on any atom is -0.304 e. The van der Waals surface area contributed by atoms with Gasteiger partial charge in [-0.05, 0) is 31.2 Å². The van der Waals surface area contributed by atoms with Crippen LogP contribution in [0.4, 0.5) is 0 Å². The Kier molecular flexibility index (Phi) is 1.83. The van der Waals surface area contributed by atoms with E-state index in [9.17, 15) is 4.79 Å². The standard InChI is InChI=1S/C12H11N3O/c1-2-14-9-5-3-7-13-11(9)15-8-4-6-10(15)12(14)16/h3-8H,2H2,1H3. The number of hydrogen-bond acceptors (Lipinski definition) is 2. The van der Waals surface area contributed by atoms with Gasteiger partial charge in [0.15, 0.2) is 5.65 Å². The van der Waals surface area contributed by atoms with Gasteiger partial charge < -0.3 is 4.57 Å². The molecule has 3 aromatic heterocycles. The lowest BCUT2D eigenvalue weighted by Gasteiger charge is -2.08. The summed E-state index contributed by atoms with van der Waals surface area (Å²) in [6, 6.07) is 7.46. The molecule has 0 saturated heterocycles. The maximum atomic E-state index is 12.1. The molecule has 4 nitrogen and oxygen atoms in total. The molecule has 0 aliphatic rings. The van der Waals surface area contributed by atoms with E-state index in [4.69, 9.17) is 0 Å². The highest BCUT2D eigenvalue weighted by Crippen LogP contribution is 2.11. The molecular weight excluding hydrogens is 202 g/mol. The van der Waals surface area contributed by atoms with Crippen molar-refractivity contribution in [2.24, 2.45) is 0 Å². The highest BCUT2D eigenvalue weighted by Gasteiger charge is 2.08. The Labute approximate surface area is 91.8 Å². The van der Waals surface area contributed by atoms with Gasteiger partial charge in [-0.25, -0.2) is 4.98 Å². The number of aryl methyl sites for hydroxylation is 1. The van der Waals surface area contributed by atoms with Gasteiger partial charge in [0, 0.05) is 18.9 Å². The maximum Gasteiger partial charge on any atom is 0.275 e. The molecule has 0 fully saturated rings. The molecule has 3 heterocycles. The molecule has 0 aromatic carbocycles. The number of fused-ring (bicyclic) bond motifs is 3. The smallest absolute Gasteiger partial charge is 0.275 e. The topological polar surface area (TPSA) is 39.3 Å². The van der Waals surface area contributed by atoms with Gasteiger partial charge in [-0.15, -0.1) is 0 Å². The summed E-state index contributed by atoms with van der Waals surface area (Å²) < 4.78 is 3.58. The van der Waals surface area contributed by atoms with E-state index in [1.54, 1.807) is 10.8 Å². The van der Waals surface area contributed by atoms with E-state index in [1.165, 1.54) is 0 Å². The van der Waals surface area contributed by atoms with Gasteiger partial charge in [-0.2, -0.15) is 0 Å². The first-order chi connectivity index (χ1) is 7.83. The van der Waals surface area contributed by atoms with Crippen molar-refractivity contribution in [2.45, 2.75) is 13.5 Å². The van der Waals surface area contributed by atoms with E-state index in [0.717, 1.165) is 11.2 Å². The molecule has 16 heavy (non-hydrogen) atoms. The van der Waals surface area contributed by atoms with Crippen LogP contribution in [0.5, 0.6) is 0 Å². The SMILES string of the molecule is CCn1c(=O)c2cccn2c2ncccc21. The zero-order valence-corrected chi connectivity index (χ0v) is 8.92. The number of nitrogens with zero attached hydrogens (tertiary/aromatic N) is 3. The Morgan fingerprint density at radius 3 is 2.88 bits per heavy atom. The lowest BCUT2D eigenvalue weighted by Crippen LogP contribution is -2.22. The van der Waals surface area contributed by atoms with Gasteiger partial charge in [0.2, 0.25) is 0 Å². The van der Waals surface area contributed by atoms with Gasteiger partial charge in [0.05, 0.1) is 5.52 Å². The first kappa shape index (κ1) is 9.15. The van der Waals surface area contributed by atoms with Crippen LogP contribution >= 0.6 is 0 Å². The van der Waals surface area contributed by atoms with Gasteiger partial charge in [0.1, 0.15) is 5.52 Å². The largest absolute Gasteiger partial charge is 0.304 e. The van der Waals surface area contributed by atoms with Crippen LogP contribution in [0.1, 0.15) is 6.92 Å². The second kappa shape index (κ2) is 3.20. The summed E-state index contributed by atoms with van der Waals surface area (Å²) in [4.78, 5) is 16.5. The average molecular weight is 213 g/mol. The highest BCUT2D eigenvalue weighted by molar-refractivity contribution is 5.74. The third-order valence-electron chi connectivity index (χ3n) is 2.81. The molecule has 0 bridgehead atoms. The molecular formula is C12H11N3O. The predicted octanol–water partition coefficient (Wildman–Crippen LogP) is 1.67. The molecule has 3 aromatic rings. The normalized spacial score (nSPS) is 11.3. The number of pyridine rings is 1. The van der Waals surface area contributed by atoms with Crippen LogP contribution < -0.4 is 5.56 Å². The summed E-state index contributed by atoms with van der Waals surface area (Å²) in [5.41, 5.74) is 2.41. The monoisotopic (exact) mass is 213 g/mol. The van der Waals surface area contributed by atoms with Crippen molar-refractivity contribution in [3.8, 4) is 0 Å². The Balaban J connectivity index is 2.70. The van der Waals surface area contributed by atoms with Crippen LogP contribution in [-0.2, 0) is 6.54 Å². The Morgan fingerprint density at radius 1 is 1.25 bits per heavy atom. The van der Waals surface area contributed by atoms with Gasteiger partial charge in [-0.3, -0.25) is 9.20 Å².